The third-order valence-corrected chi connectivity index (χ3v) is 9.11. The minimum atomic E-state index is -3.85. The van der Waals surface area contributed by atoms with Gasteiger partial charge in [0.15, 0.2) is 11.8 Å². The number of hydrogen-bond acceptors (Lipinski definition) is 9. The number of thioether (sulfide) groups is 1. The molecule has 1 aromatic heterocycles. The largest absolute Gasteiger partial charge is 0.483 e. The van der Waals surface area contributed by atoms with E-state index >= 15 is 0 Å². The minimum absolute atomic E-state index is 0.0698. The second kappa shape index (κ2) is 15.0. The van der Waals surface area contributed by atoms with E-state index in [-0.39, 0.29) is 24.0 Å². The molecule has 1 saturated heterocycles. The number of carbonyl (C=O) groups is 2. The van der Waals surface area contributed by atoms with Gasteiger partial charge < -0.3 is 14.5 Å². The van der Waals surface area contributed by atoms with Gasteiger partial charge in [0.2, 0.25) is 10.0 Å². The van der Waals surface area contributed by atoms with Crippen LogP contribution >= 0.6 is 11.8 Å². The third-order valence-electron chi connectivity index (χ3n) is 7.18. The van der Waals surface area contributed by atoms with E-state index in [9.17, 15) is 18.0 Å². The van der Waals surface area contributed by atoms with Gasteiger partial charge in [-0.3, -0.25) is 14.5 Å². The molecule has 0 saturated carbocycles. The van der Waals surface area contributed by atoms with Gasteiger partial charge in [0.05, 0.1) is 28.8 Å². The highest BCUT2D eigenvalue weighted by molar-refractivity contribution is 8.18. The standard InChI is InChI=1S/C36H29N5O6S2/c37-49(44,45)31-18-16-29(17-19-31)39-34(42)24-47-32-11-5-4-9-28(32)21-33-35(43)41(23-30-10-6-20-46-30)36(48-33)40-38-22-25-12-14-27(15-13-25)26-7-2-1-3-8-26/h1-22H,23-24H2,(H,39,42)(H2,37,44,45)/b33-21-,38-22+,40-36-. The number of sulfonamides is 1. The number of rotatable bonds is 11. The van der Waals surface area contributed by atoms with Crippen molar-refractivity contribution in [2.45, 2.75) is 11.4 Å². The van der Waals surface area contributed by atoms with Crippen molar-refractivity contribution in [2.24, 2.45) is 15.3 Å². The highest BCUT2D eigenvalue weighted by Crippen LogP contribution is 2.35. The number of amidine groups is 1. The Morgan fingerprint density at radius 2 is 1.61 bits per heavy atom. The molecule has 4 aromatic carbocycles. The molecule has 6 rings (SSSR count). The maximum absolute atomic E-state index is 13.6. The molecular weight excluding hydrogens is 663 g/mol. The minimum Gasteiger partial charge on any atom is -0.483 e. The molecule has 11 nitrogen and oxygen atoms in total. The molecule has 0 bridgehead atoms. The fraction of sp³-hybridized carbons (Fsp3) is 0.0556. The summed E-state index contributed by atoms with van der Waals surface area (Å²) in [6.45, 7) is -0.177. The van der Waals surface area contributed by atoms with E-state index < -0.39 is 15.9 Å². The lowest BCUT2D eigenvalue weighted by Crippen LogP contribution is -2.28. The maximum Gasteiger partial charge on any atom is 0.267 e. The summed E-state index contributed by atoms with van der Waals surface area (Å²) in [5.74, 6) is 0.197. The molecule has 0 atom stereocenters. The van der Waals surface area contributed by atoms with Crippen LogP contribution in [0.2, 0.25) is 0 Å². The first-order valence-corrected chi connectivity index (χ1v) is 17.2. The Kier molecular flexibility index (Phi) is 10.1. The van der Waals surface area contributed by atoms with Crippen LogP contribution in [-0.4, -0.2) is 43.1 Å². The number of nitrogens with one attached hydrogen (secondary N) is 1. The van der Waals surface area contributed by atoms with Crippen LogP contribution in [0.15, 0.2) is 146 Å². The Balaban J connectivity index is 1.16. The number of primary sulfonamides is 1. The van der Waals surface area contributed by atoms with Crippen LogP contribution in [0.4, 0.5) is 5.69 Å². The van der Waals surface area contributed by atoms with E-state index in [0.29, 0.717) is 32.8 Å². The van der Waals surface area contributed by atoms with Crippen molar-refractivity contribution in [2.75, 3.05) is 11.9 Å². The lowest BCUT2D eigenvalue weighted by Gasteiger charge is -2.12. The molecule has 1 fully saturated rings. The van der Waals surface area contributed by atoms with Gasteiger partial charge in [-0.15, -0.1) is 5.10 Å². The SMILES string of the molecule is NS(=O)(=O)c1ccc(NC(=O)COc2ccccc2/C=C2\S/C(=N\N=C\c3ccc(-c4ccccc4)cc3)N(Cc3ccco3)C2=O)cc1. The highest BCUT2D eigenvalue weighted by Gasteiger charge is 2.34. The first-order valence-electron chi connectivity index (χ1n) is 14.9. The van der Waals surface area contributed by atoms with Gasteiger partial charge >= 0.3 is 0 Å². The molecular formula is C36H29N5O6S2. The number of ether oxygens (including phenoxy) is 1. The van der Waals surface area contributed by atoms with Gasteiger partial charge in [-0.2, -0.15) is 5.10 Å². The second-order valence-corrected chi connectivity index (χ2v) is 13.2. The summed E-state index contributed by atoms with van der Waals surface area (Å²) >= 11 is 1.16. The number of carbonyl (C=O) groups excluding carboxylic acids is 2. The number of nitrogens with two attached hydrogens (primary N) is 1. The number of furan rings is 1. The molecule has 0 aliphatic carbocycles. The molecule has 5 aromatic rings. The van der Waals surface area contributed by atoms with E-state index in [1.807, 2.05) is 54.6 Å². The Morgan fingerprint density at radius 3 is 2.33 bits per heavy atom. The van der Waals surface area contributed by atoms with Crippen LogP contribution in [0.3, 0.4) is 0 Å². The number of hydrogen-bond donors (Lipinski definition) is 2. The lowest BCUT2D eigenvalue weighted by molar-refractivity contribution is -0.122. The summed E-state index contributed by atoms with van der Waals surface area (Å²) in [5, 5.41) is 16.8. The predicted molar refractivity (Wildman–Crippen MR) is 190 cm³/mol. The van der Waals surface area contributed by atoms with Crippen LogP contribution in [0.25, 0.3) is 17.2 Å². The lowest BCUT2D eigenvalue weighted by atomic mass is 10.0. The van der Waals surface area contributed by atoms with E-state index in [0.717, 1.165) is 28.5 Å². The Hall–Kier alpha value is -5.76. The Labute approximate surface area is 286 Å². The molecule has 1 aliphatic heterocycles. The molecule has 0 spiro atoms. The predicted octanol–water partition coefficient (Wildman–Crippen LogP) is 6.12. The van der Waals surface area contributed by atoms with Crippen molar-refractivity contribution in [1.29, 1.82) is 0 Å². The third kappa shape index (κ3) is 8.59. The monoisotopic (exact) mass is 691 g/mol. The number of nitrogens with zero attached hydrogens (tertiary/aromatic N) is 3. The van der Waals surface area contributed by atoms with Gasteiger partial charge in [-0.25, -0.2) is 13.6 Å². The number of para-hydroxylation sites is 1. The van der Waals surface area contributed by atoms with Crippen molar-refractivity contribution < 1.29 is 27.2 Å². The zero-order valence-electron chi connectivity index (χ0n) is 25.8. The van der Waals surface area contributed by atoms with Crippen LogP contribution < -0.4 is 15.2 Å². The molecule has 13 heteroatoms. The Bertz CT molecular complexity index is 2150. The smallest absolute Gasteiger partial charge is 0.267 e. The quantitative estimate of drug-likeness (QED) is 0.0960. The average Bonchev–Trinajstić information content (AvgIpc) is 3.73. The van der Waals surface area contributed by atoms with E-state index in [1.165, 1.54) is 35.4 Å². The molecule has 2 heterocycles. The van der Waals surface area contributed by atoms with Crippen LogP contribution in [-0.2, 0) is 26.2 Å². The van der Waals surface area contributed by atoms with E-state index in [1.54, 1.807) is 48.7 Å². The fourth-order valence-corrected chi connectivity index (χ4v) is 6.20. The van der Waals surface area contributed by atoms with Gasteiger partial charge in [-0.05, 0) is 77.0 Å². The summed E-state index contributed by atoms with van der Waals surface area (Å²) in [6.07, 6.45) is 4.84. The molecule has 49 heavy (non-hydrogen) atoms. The van der Waals surface area contributed by atoms with E-state index in [4.69, 9.17) is 14.3 Å². The summed E-state index contributed by atoms with van der Waals surface area (Å²) < 4.78 is 34.3. The first-order chi connectivity index (χ1) is 23.7. The Morgan fingerprint density at radius 1 is 0.898 bits per heavy atom. The van der Waals surface area contributed by atoms with Gasteiger partial charge in [0.1, 0.15) is 11.5 Å². The maximum atomic E-state index is 13.6. The number of benzene rings is 4. The summed E-state index contributed by atoms with van der Waals surface area (Å²) in [6, 6.07) is 34.0. The highest BCUT2D eigenvalue weighted by atomic mass is 32.2. The van der Waals surface area contributed by atoms with Crippen molar-refractivity contribution in [3.8, 4) is 16.9 Å². The van der Waals surface area contributed by atoms with Crippen molar-refractivity contribution in [1.82, 2.24) is 4.90 Å². The number of amides is 2. The summed E-state index contributed by atoms with van der Waals surface area (Å²) in [7, 11) is -3.85. The average molecular weight is 692 g/mol. The fourth-order valence-electron chi connectivity index (χ4n) is 4.76. The topological polar surface area (TPSA) is 157 Å². The zero-order chi connectivity index (χ0) is 34.2. The molecule has 2 amide bonds. The normalized spacial score (nSPS) is 15.0. The van der Waals surface area contributed by atoms with Crippen LogP contribution in [0.1, 0.15) is 16.9 Å². The van der Waals surface area contributed by atoms with Crippen LogP contribution in [0.5, 0.6) is 5.75 Å². The zero-order valence-corrected chi connectivity index (χ0v) is 27.4. The molecule has 0 radical (unpaired) electrons. The second-order valence-electron chi connectivity index (χ2n) is 10.6. The summed E-state index contributed by atoms with van der Waals surface area (Å²) in [5.41, 5.74) is 4.00. The summed E-state index contributed by atoms with van der Waals surface area (Å²) in [4.78, 5) is 28.0. The van der Waals surface area contributed by atoms with Crippen molar-refractivity contribution >= 4 is 56.7 Å². The molecule has 1 aliphatic rings. The van der Waals surface area contributed by atoms with Crippen LogP contribution in [0, 0.1) is 0 Å². The first kappa shape index (κ1) is 33.2. The molecule has 246 valence electrons. The number of anilines is 1. The van der Waals surface area contributed by atoms with E-state index in [2.05, 4.69) is 15.5 Å². The van der Waals surface area contributed by atoms with Gasteiger partial charge in [0.25, 0.3) is 11.8 Å². The van der Waals surface area contributed by atoms with Gasteiger partial charge in [0, 0.05) is 11.3 Å². The van der Waals surface area contributed by atoms with Gasteiger partial charge in [-0.1, -0.05) is 72.8 Å². The van der Waals surface area contributed by atoms with Crippen molar-refractivity contribution in [3.63, 3.8) is 0 Å². The van der Waals surface area contributed by atoms with Crippen molar-refractivity contribution in [3.05, 3.63) is 143 Å². The molecule has 0 unspecified atom stereocenters. The molecule has 3 N–H and O–H groups in total.